The molecule has 0 aliphatic carbocycles. The van der Waals surface area contributed by atoms with Gasteiger partial charge in [0.2, 0.25) is 0 Å². The lowest BCUT2D eigenvalue weighted by molar-refractivity contribution is 0.0938. The van der Waals surface area contributed by atoms with Gasteiger partial charge in [-0.25, -0.2) is 0 Å². The minimum atomic E-state index is -0.119. The van der Waals surface area contributed by atoms with Gasteiger partial charge in [0.05, 0.1) is 0 Å². The Morgan fingerprint density at radius 2 is 1.48 bits per heavy atom. The quantitative estimate of drug-likeness (QED) is 0.797. The van der Waals surface area contributed by atoms with Crippen molar-refractivity contribution in [3.05, 3.63) is 35.4 Å². The lowest BCUT2D eigenvalue weighted by Crippen LogP contribution is -2.31. The first-order valence-electron chi connectivity index (χ1n) is 7.21. The number of carbonyl (C=O) groups excluding carboxylic acids is 2. The zero-order chi connectivity index (χ0) is 15.8. The maximum atomic E-state index is 11.9. The molecule has 5 heteroatoms. The zero-order valence-corrected chi connectivity index (χ0v) is 13.3. The molecule has 0 bridgehead atoms. The van der Waals surface area contributed by atoms with E-state index in [1.807, 2.05) is 32.8 Å². The van der Waals surface area contributed by atoms with E-state index < -0.39 is 0 Å². The first kappa shape index (κ1) is 17.2. The van der Waals surface area contributed by atoms with Crippen LogP contribution in [0.2, 0.25) is 0 Å². The highest BCUT2D eigenvalue weighted by Gasteiger charge is 2.09. The summed E-state index contributed by atoms with van der Waals surface area (Å²) < 4.78 is 0. The van der Waals surface area contributed by atoms with E-state index >= 15 is 0 Å². The first-order chi connectivity index (χ1) is 9.90. The van der Waals surface area contributed by atoms with E-state index in [9.17, 15) is 9.59 Å². The zero-order valence-electron chi connectivity index (χ0n) is 13.3. The van der Waals surface area contributed by atoms with Crippen molar-refractivity contribution in [3.63, 3.8) is 0 Å². The molecule has 2 amide bonds. The summed E-state index contributed by atoms with van der Waals surface area (Å²) >= 11 is 0. The number of nitrogens with zero attached hydrogens (tertiary/aromatic N) is 1. The summed E-state index contributed by atoms with van der Waals surface area (Å²) in [6, 6.07) is 6.71. The van der Waals surface area contributed by atoms with Crippen molar-refractivity contribution in [3.8, 4) is 0 Å². The van der Waals surface area contributed by atoms with Crippen LogP contribution in [-0.2, 0) is 0 Å². The number of benzene rings is 1. The molecule has 0 atom stereocenters. The van der Waals surface area contributed by atoms with Gasteiger partial charge in [0.1, 0.15) is 0 Å². The smallest absolute Gasteiger partial charge is 0.251 e. The Balaban J connectivity index is 2.53. The van der Waals surface area contributed by atoms with Crippen LogP contribution >= 0.6 is 0 Å². The Morgan fingerprint density at radius 3 is 1.90 bits per heavy atom. The van der Waals surface area contributed by atoms with Gasteiger partial charge >= 0.3 is 0 Å². The fraction of sp³-hybridized carbons (Fsp3) is 0.500. The fourth-order valence-electron chi connectivity index (χ4n) is 1.67. The number of carbonyl (C=O) groups is 2. The van der Waals surface area contributed by atoms with Crippen molar-refractivity contribution >= 4 is 11.8 Å². The third kappa shape index (κ3) is 6.40. The Morgan fingerprint density at radius 1 is 1.00 bits per heavy atom. The molecule has 0 radical (unpaired) electrons. The summed E-state index contributed by atoms with van der Waals surface area (Å²) in [6.07, 6.45) is 0. The number of likely N-dealkylation sites (N-methyl/N-ethyl adjacent to an activating group) is 1. The number of rotatable bonds is 7. The number of hydrogen-bond acceptors (Lipinski definition) is 3. The van der Waals surface area contributed by atoms with Gasteiger partial charge in [0.15, 0.2) is 0 Å². The highest BCUT2D eigenvalue weighted by Crippen LogP contribution is 2.05. The van der Waals surface area contributed by atoms with Gasteiger partial charge in [-0.2, -0.15) is 0 Å². The second-order valence-electron chi connectivity index (χ2n) is 5.74. The molecule has 0 aliphatic heterocycles. The Kier molecular flexibility index (Phi) is 6.88. The molecule has 0 aliphatic rings. The lowest BCUT2D eigenvalue weighted by Gasteiger charge is -2.11. The maximum Gasteiger partial charge on any atom is 0.251 e. The largest absolute Gasteiger partial charge is 0.352 e. The first-order valence-corrected chi connectivity index (χ1v) is 7.21. The fourth-order valence-corrected chi connectivity index (χ4v) is 1.67. The van der Waals surface area contributed by atoms with Crippen molar-refractivity contribution < 1.29 is 9.59 Å². The van der Waals surface area contributed by atoms with Crippen LogP contribution in [0.3, 0.4) is 0 Å². The molecular weight excluding hydrogens is 266 g/mol. The van der Waals surface area contributed by atoms with Gasteiger partial charge < -0.3 is 15.5 Å². The molecule has 0 fully saturated rings. The van der Waals surface area contributed by atoms with E-state index in [0.717, 1.165) is 6.54 Å². The summed E-state index contributed by atoms with van der Waals surface area (Å²) in [5.41, 5.74) is 1.13. The van der Waals surface area contributed by atoms with E-state index in [0.29, 0.717) is 30.1 Å². The van der Waals surface area contributed by atoms with E-state index in [2.05, 4.69) is 10.6 Å². The van der Waals surface area contributed by atoms with Crippen molar-refractivity contribution in [2.75, 3.05) is 33.7 Å². The van der Waals surface area contributed by atoms with Crippen LogP contribution in [0, 0.1) is 5.92 Å². The average Bonchev–Trinajstić information content (AvgIpc) is 2.44. The van der Waals surface area contributed by atoms with Gasteiger partial charge in [-0.3, -0.25) is 9.59 Å². The Labute approximate surface area is 126 Å². The molecular formula is C16H25N3O2. The molecule has 0 saturated heterocycles. The Hall–Kier alpha value is -1.88. The van der Waals surface area contributed by atoms with Crippen LogP contribution in [-0.4, -0.2) is 50.4 Å². The maximum absolute atomic E-state index is 11.9. The van der Waals surface area contributed by atoms with Gasteiger partial charge in [-0.05, 0) is 44.3 Å². The molecule has 0 saturated carbocycles. The third-order valence-corrected chi connectivity index (χ3v) is 2.92. The molecule has 0 spiro atoms. The van der Waals surface area contributed by atoms with Gasteiger partial charge in [-0.15, -0.1) is 0 Å². The number of nitrogens with one attached hydrogen (secondary N) is 2. The molecule has 116 valence electrons. The summed E-state index contributed by atoms with van der Waals surface area (Å²) in [6.45, 7) is 6.12. The molecule has 1 rings (SSSR count). The molecule has 0 aromatic heterocycles. The SMILES string of the molecule is CC(C)CNC(=O)c1ccc(C(=O)NCCN(C)C)cc1. The van der Waals surface area contributed by atoms with E-state index in [-0.39, 0.29) is 11.8 Å². The molecule has 21 heavy (non-hydrogen) atoms. The number of amides is 2. The van der Waals surface area contributed by atoms with E-state index in [1.54, 1.807) is 24.3 Å². The average molecular weight is 291 g/mol. The second kappa shape index (κ2) is 8.42. The summed E-state index contributed by atoms with van der Waals surface area (Å²) in [5.74, 6) is 0.185. The van der Waals surface area contributed by atoms with Crippen LogP contribution in [0.25, 0.3) is 0 Å². The summed E-state index contributed by atoms with van der Waals surface area (Å²) in [5, 5.41) is 5.69. The van der Waals surface area contributed by atoms with E-state index in [1.165, 1.54) is 0 Å². The van der Waals surface area contributed by atoms with Crippen molar-refractivity contribution in [2.45, 2.75) is 13.8 Å². The van der Waals surface area contributed by atoms with Crippen LogP contribution < -0.4 is 10.6 Å². The van der Waals surface area contributed by atoms with Crippen LogP contribution in [0.1, 0.15) is 34.6 Å². The lowest BCUT2D eigenvalue weighted by atomic mass is 10.1. The van der Waals surface area contributed by atoms with Gasteiger partial charge in [0, 0.05) is 30.8 Å². The molecule has 2 N–H and O–H groups in total. The minimum absolute atomic E-state index is 0.108. The number of hydrogen-bond donors (Lipinski definition) is 2. The second-order valence-corrected chi connectivity index (χ2v) is 5.74. The standard InChI is InChI=1S/C16H25N3O2/c1-12(2)11-18-16(21)14-7-5-13(6-8-14)15(20)17-9-10-19(3)4/h5-8,12H,9-11H2,1-4H3,(H,17,20)(H,18,21). The van der Waals surface area contributed by atoms with Gasteiger partial charge in [-0.1, -0.05) is 13.8 Å². The van der Waals surface area contributed by atoms with E-state index in [4.69, 9.17) is 0 Å². The normalized spacial score (nSPS) is 10.8. The Bertz CT molecular complexity index is 467. The highest BCUT2D eigenvalue weighted by atomic mass is 16.2. The van der Waals surface area contributed by atoms with Crippen molar-refractivity contribution in [1.82, 2.24) is 15.5 Å². The van der Waals surface area contributed by atoms with Crippen LogP contribution in [0.15, 0.2) is 24.3 Å². The summed E-state index contributed by atoms with van der Waals surface area (Å²) in [7, 11) is 3.91. The van der Waals surface area contributed by atoms with Crippen molar-refractivity contribution in [2.24, 2.45) is 5.92 Å². The van der Waals surface area contributed by atoms with Crippen LogP contribution in [0.5, 0.6) is 0 Å². The highest BCUT2D eigenvalue weighted by molar-refractivity contribution is 5.97. The van der Waals surface area contributed by atoms with Crippen molar-refractivity contribution in [1.29, 1.82) is 0 Å². The predicted molar refractivity (Wildman–Crippen MR) is 84.5 cm³/mol. The predicted octanol–water partition coefficient (Wildman–Crippen LogP) is 1.36. The molecule has 1 aromatic rings. The molecule has 1 aromatic carbocycles. The molecule has 0 heterocycles. The van der Waals surface area contributed by atoms with Gasteiger partial charge in [0.25, 0.3) is 11.8 Å². The topological polar surface area (TPSA) is 61.4 Å². The molecule has 0 unspecified atom stereocenters. The minimum Gasteiger partial charge on any atom is -0.352 e. The molecule has 5 nitrogen and oxygen atoms in total. The monoisotopic (exact) mass is 291 g/mol. The van der Waals surface area contributed by atoms with Crippen LogP contribution in [0.4, 0.5) is 0 Å². The third-order valence-electron chi connectivity index (χ3n) is 2.92. The summed E-state index contributed by atoms with van der Waals surface area (Å²) in [4.78, 5) is 25.8.